The molecule has 0 saturated carbocycles. The molecule has 5 rings (SSSR count). The first kappa shape index (κ1) is 19.9. The molecule has 2 fully saturated rings. The molecular weight excluding hydrogens is 390 g/mol. The Bertz CT molecular complexity index is 1060. The second-order valence-electron chi connectivity index (χ2n) is 8.38. The van der Waals surface area contributed by atoms with Crippen LogP contribution < -0.4 is 15.1 Å². The minimum atomic E-state index is -0.0486. The Balaban J connectivity index is 1.24. The number of morpholine rings is 1. The number of imidazole rings is 1. The number of ether oxygens (including phenoxy) is 1. The predicted octanol–water partition coefficient (Wildman–Crippen LogP) is 3.27. The van der Waals surface area contributed by atoms with E-state index in [1.807, 2.05) is 37.4 Å². The maximum absolute atomic E-state index is 13.0. The minimum absolute atomic E-state index is 0.0486. The van der Waals surface area contributed by atoms with Crippen molar-refractivity contribution in [3.8, 4) is 0 Å². The number of piperidine rings is 1. The lowest BCUT2D eigenvalue weighted by Crippen LogP contribution is -2.41. The third-order valence-corrected chi connectivity index (χ3v) is 6.35. The van der Waals surface area contributed by atoms with Gasteiger partial charge in [-0.1, -0.05) is 12.1 Å². The van der Waals surface area contributed by atoms with Crippen LogP contribution in [0.2, 0.25) is 0 Å². The zero-order chi connectivity index (χ0) is 21.2. The van der Waals surface area contributed by atoms with Gasteiger partial charge < -0.3 is 24.4 Å². The Kier molecular flexibility index (Phi) is 5.51. The number of carbonyl (C=O) groups is 1. The van der Waals surface area contributed by atoms with Crippen molar-refractivity contribution in [2.24, 2.45) is 13.0 Å². The SMILES string of the molecule is Cn1c(N2CCCC(C(=O)Nc3ccc(N4CCOCC4)cc3)C2)nc2ccccc21. The van der Waals surface area contributed by atoms with E-state index in [0.29, 0.717) is 6.54 Å². The summed E-state index contributed by atoms with van der Waals surface area (Å²) in [5.41, 5.74) is 4.13. The smallest absolute Gasteiger partial charge is 0.229 e. The van der Waals surface area contributed by atoms with Crippen molar-refractivity contribution in [3.63, 3.8) is 0 Å². The molecule has 2 aromatic carbocycles. The van der Waals surface area contributed by atoms with Crippen LogP contribution in [0.3, 0.4) is 0 Å². The monoisotopic (exact) mass is 419 g/mol. The van der Waals surface area contributed by atoms with Gasteiger partial charge in [-0.05, 0) is 49.2 Å². The maximum Gasteiger partial charge on any atom is 0.229 e. The number of para-hydroxylation sites is 2. The highest BCUT2D eigenvalue weighted by Crippen LogP contribution is 2.27. The minimum Gasteiger partial charge on any atom is -0.378 e. The molecule has 162 valence electrons. The number of aromatic nitrogens is 2. The van der Waals surface area contributed by atoms with Gasteiger partial charge in [0.25, 0.3) is 0 Å². The van der Waals surface area contributed by atoms with Crippen LogP contribution in [0, 0.1) is 5.92 Å². The second-order valence-corrected chi connectivity index (χ2v) is 8.38. The molecule has 2 saturated heterocycles. The Labute approximate surface area is 182 Å². The van der Waals surface area contributed by atoms with Crippen LogP contribution in [0.15, 0.2) is 48.5 Å². The number of nitrogens with zero attached hydrogens (tertiary/aromatic N) is 4. The third kappa shape index (κ3) is 4.10. The summed E-state index contributed by atoms with van der Waals surface area (Å²) in [7, 11) is 2.05. The fourth-order valence-corrected chi connectivity index (χ4v) is 4.61. The molecule has 2 aliphatic heterocycles. The maximum atomic E-state index is 13.0. The summed E-state index contributed by atoms with van der Waals surface area (Å²) >= 11 is 0. The summed E-state index contributed by atoms with van der Waals surface area (Å²) in [6.07, 6.45) is 1.88. The molecule has 1 unspecified atom stereocenters. The van der Waals surface area contributed by atoms with Crippen molar-refractivity contribution in [3.05, 3.63) is 48.5 Å². The molecule has 0 bridgehead atoms. The average molecular weight is 420 g/mol. The highest BCUT2D eigenvalue weighted by molar-refractivity contribution is 5.93. The van der Waals surface area contributed by atoms with Gasteiger partial charge in [-0.25, -0.2) is 4.98 Å². The van der Waals surface area contributed by atoms with Crippen molar-refractivity contribution >= 4 is 34.3 Å². The van der Waals surface area contributed by atoms with E-state index in [9.17, 15) is 4.79 Å². The standard InChI is InChI=1S/C24H29N5O2/c1-27-22-7-3-2-6-21(22)26-24(27)29-12-4-5-18(17-29)23(30)25-19-8-10-20(11-9-19)28-13-15-31-16-14-28/h2-3,6-11,18H,4-5,12-17H2,1H3,(H,25,30). The Hall–Kier alpha value is -3.06. The van der Waals surface area contributed by atoms with Crippen molar-refractivity contribution in [1.29, 1.82) is 0 Å². The van der Waals surface area contributed by atoms with E-state index in [4.69, 9.17) is 9.72 Å². The fourth-order valence-electron chi connectivity index (χ4n) is 4.61. The zero-order valence-electron chi connectivity index (χ0n) is 18.0. The van der Waals surface area contributed by atoms with Crippen LogP contribution >= 0.6 is 0 Å². The van der Waals surface area contributed by atoms with E-state index in [2.05, 4.69) is 37.9 Å². The van der Waals surface area contributed by atoms with Gasteiger partial charge in [-0.15, -0.1) is 0 Å². The van der Waals surface area contributed by atoms with E-state index >= 15 is 0 Å². The van der Waals surface area contributed by atoms with Gasteiger partial charge in [0.2, 0.25) is 11.9 Å². The van der Waals surface area contributed by atoms with Gasteiger partial charge in [0, 0.05) is 44.6 Å². The van der Waals surface area contributed by atoms with Crippen LogP contribution in [0.5, 0.6) is 0 Å². The van der Waals surface area contributed by atoms with E-state index in [1.165, 1.54) is 5.69 Å². The molecule has 31 heavy (non-hydrogen) atoms. The van der Waals surface area contributed by atoms with Gasteiger partial charge in [0.1, 0.15) is 0 Å². The molecule has 3 aromatic rings. The Morgan fingerprint density at radius 2 is 1.81 bits per heavy atom. The second kappa shape index (κ2) is 8.59. The van der Waals surface area contributed by atoms with Crippen molar-refractivity contribution in [2.45, 2.75) is 12.8 Å². The fraction of sp³-hybridized carbons (Fsp3) is 0.417. The topological polar surface area (TPSA) is 62.6 Å². The van der Waals surface area contributed by atoms with E-state index < -0.39 is 0 Å². The highest BCUT2D eigenvalue weighted by Gasteiger charge is 2.28. The van der Waals surface area contributed by atoms with Gasteiger partial charge in [-0.2, -0.15) is 0 Å². The van der Waals surface area contributed by atoms with Crippen molar-refractivity contribution < 1.29 is 9.53 Å². The summed E-state index contributed by atoms with van der Waals surface area (Å²) in [4.78, 5) is 22.4. The van der Waals surface area contributed by atoms with Crippen molar-refractivity contribution in [2.75, 3.05) is 54.5 Å². The molecule has 0 radical (unpaired) electrons. The molecule has 2 aliphatic rings. The quantitative estimate of drug-likeness (QED) is 0.703. The molecule has 7 heteroatoms. The predicted molar refractivity (Wildman–Crippen MR) is 124 cm³/mol. The Morgan fingerprint density at radius 1 is 1.03 bits per heavy atom. The summed E-state index contributed by atoms with van der Waals surface area (Å²) in [6, 6.07) is 16.3. The van der Waals surface area contributed by atoms with E-state index in [1.54, 1.807) is 0 Å². The summed E-state index contributed by atoms with van der Waals surface area (Å²) in [5, 5.41) is 3.12. The molecule has 0 spiro atoms. The average Bonchev–Trinajstić information content (AvgIpc) is 3.17. The number of rotatable bonds is 4. The Morgan fingerprint density at radius 3 is 2.58 bits per heavy atom. The molecule has 0 aliphatic carbocycles. The van der Waals surface area contributed by atoms with E-state index in [-0.39, 0.29) is 11.8 Å². The summed E-state index contributed by atoms with van der Waals surface area (Å²) in [5.74, 6) is 0.976. The van der Waals surface area contributed by atoms with Gasteiger partial charge in [-0.3, -0.25) is 4.79 Å². The number of carbonyl (C=O) groups excluding carboxylic acids is 1. The zero-order valence-corrected chi connectivity index (χ0v) is 18.0. The van der Waals surface area contributed by atoms with Crippen LogP contribution in [0.25, 0.3) is 11.0 Å². The molecular formula is C24H29N5O2. The first-order valence-corrected chi connectivity index (χ1v) is 11.1. The van der Waals surface area contributed by atoms with E-state index in [0.717, 1.165) is 68.4 Å². The number of benzene rings is 2. The molecule has 1 N–H and O–H groups in total. The number of amides is 1. The lowest BCUT2D eigenvalue weighted by atomic mass is 9.97. The first-order valence-electron chi connectivity index (χ1n) is 11.1. The first-order chi connectivity index (χ1) is 15.2. The van der Waals surface area contributed by atoms with Gasteiger partial charge >= 0.3 is 0 Å². The molecule has 1 atom stereocenters. The normalized spacial score (nSPS) is 19.6. The highest BCUT2D eigenvalue weighted by atomic mass is 16.5. The molecule has 7 nitrogen and oxygen atoms in total. The van der Waals surface area contributed by atoms with Crippen LogP contribution in [-0.2, 0) is 16.6 Å². The number of anilines is 3. The summed E-state index contributed by atoms with van der Waals surface area (Å²) in [6.45, 7) is 4.96. The number of nitrogens with one attached hydrogen (secondary N) is 1. The number of hydrogen-bond donors (Lipinski definition) is 1. The van der Waals surface area contributed by atoms with Crippen LogP contribution in [-0.4, -0.2) is 54.9 Å². The lowest BCUT2D eigenvalue weighted by Gasteiger charge is -2.32. The van der Waals surface area contributed by atoms with Gasteiger partial charge in [0.05, 0.1) is 30.2 Å². The number of fused-ring (bicyclic) bond motifs is 1. The number of hydrogen-bond acceptors (Lipinski definition) is 5. The van der Waals surface area contributed by atoms with Crippen LogP contribution in [0.1, 0.15) is 12.8 Å². The van der Waals surface area contributed by atoms with Crippen LogP contribution in [0.4, 0.5) is 17.3 Å². The molecule has 1 amide bonds. The van der Waals surface area contributed by atoms with Crippen molar-refractivity contribution in [1.82, 2.24) is 9.55 Å². The largest absolute Gasteiger partial charge is 0.378 e. The number of aryl methyl sites for hydroxylation is 1. The van der Waals surface area contributed by atoms with Gasteiger partial charge in [0.15, 0.2) is 0 Å². The molecule has 3 heterocycles. The third-order valence-electron chi connectivity index (χ3n) is 6.35. The molecule has 1 aromatic heterocycles. The lowest BCUT2D eigenvalue weighted by molar-refractivity contribution is -0.120. The summed E-state index contributed by atoms with van der Waals surface area (Å²) < 4.78 is 7.55.